The average molecular weight is 266 g/mol. The van der Waals surface area contributed by atoms with E-state index in [1.54, 1.807) is 0 Å². The van der Waals surface area contributed by atoms with Gasteiger partial charge in [0.15, 0.2) is 0 Å². The maximum absolute atomic E-state index is 3.51. The number of anilines is 3. The second kappa shape index (κ2) is 5.20. The number of hydrogen-bond donors (Lipinski definition) is 1. The van der Waals surface area contributed by atoms with Gasteiger partial charge in [0.2, 0.25) is 0 Å². The molecule has 1 aliphatic rings. The first-order chi connectivity index (χ1) is 9.65. The van der Waals surface area contributed by atoms with Crippen LogP contribution in [0.1, 0.15) is 23.1 Å². The van der Waals surface area contributed by atoms with Crippen LogP contribution in [0, 0.1) is 13.8 Å². The third-order valence-corrected chi connectivity index (χ3v) is 4.13. The van der Waals surface area contributed by atoms with Gasteiger partial charge in [0.25, 0.3) is 0 Å². The lowest BCUT2D eigenvalue weighted by Gasteiger charge is -2.25. The number of hydrogen-bond acceptors (Lipinski definition) is 2. The predicted molar refractivity (Wildman–Crippen MR) is 87.2 cm³/mol. The van der Waals surface area contributed by atoms with Crippen LogP contribution in [0.3, 0.4) is 0 Å². The van der Waals surface area contributed by atoms with Crippen LogP contribution in [-0.2, 0) is 6.42 Å². The molecule has 0 saturated carbocycles. The van der Waals surface area contributed by atoms with Gasteiger partial charge in [-0.15, -0.1) is 0 Å². The van der Waals surface area contributed by atoms with Gasteiger partial charge in [0.05, 0.1) is 0 Å². The first-order valence-corrected chi connectivity index (χ1v) is 7.33. The molecule has 0 amide bonds. The van der Waals surface area contributed by atoms with Crippen molar-refractivity contribution in [2.45, 2.75) is 26.7 Å². The van der Waals surface area contributed by atoms with Gasteiger partial charge in [-0.25, -0.2) is 0 Å². The smallest absolute Gasteiger partial charge is 0.0437 e. The van der Waals surface area contributed by atoms with Gasteiger partial charge in [-0.3, -0.25) is 0 Å². The van der Waals surface area contributed by atoms with E-state index in [-0.39, 0.29) is 0 Å². The summed E-state index contributed by atoms with van der Waals surface area (Å²) in [6.45, 7) is 5.40. The quantitative estimate of drug-likeness (QED) is 0.865. The first kappa shape index (κ1) is 13.0. The van der Waals surface area contributed by atoms with E-state index in [1.807, 2.05) is 0 Å². The molecule has 2 nitrogen and oxygen atoms in total. The molecule has 0 bridgehead atoms. The van der Waals surface area contributed by atoms with Crippen molar-refractivity contribution in [3.63, 3.8) is 0 Å². The molecule has 1 heterocycles. The minimum Gasteiger partial charge on any atom is -0.385 e. The van der Waals surface area contributed by atoms with E-state index in [2.05, 4.69) is 67.5 Å². The van der Waals surface area contributed by atoms with Gasteiger partial charge in [-0.1, -0.05) is 23.8 Å². The van der Waals surface area contributed by atoms with E-state index in [0.717, 1.165) is 6.54 Å². The molecule has 0 radical (unpaired) electrons. The van der Waals surface area contributed by atoms with Crippen molar-refractivity contribution in [3.8, 4) is 0 Å². The van der Waals surface area contributed by atoms with Gasteiger partial charge < -0.3 is 10.2 Å². The summed E-state index contributed by atoms with van der Waals surface area (Å²) in [6, 6.07) is 13.4. The second-order valence-electron chi connectivity index (χ2n) is 5.72. The Bertz CT molecular complexity index is 631. The van der Waals surface area contributed by atoms with Crippen molar-refractivity contribution in [1.82, 2.24) is 0 Å². The Hall–Kier alpha value is -1.96. The maximum Gasteiger partial charge on any atom is 0.0437 e. The molecule has 20 heavy (non-hydrogen) atoms. The maximum atomic E-state index is 3.51. The van der Waals surface area contributed by atoms with Crippen LogP contribution in [0.4, 0.5) is 17.1 Å². The Balaban J connectivity index is 1.95. The standard InChI is InChI=1S/C18H22N2/c1-13-6-9-18(14(2)11-13)20(3)16-8-7-15-5-4-10-19-17(15)12-16/h6-9,11-12,19H,4-5,10H2,1-3H3. The van der Waals surface area contributed by atoms with Crippen molar-refractivity contribution in [3.05, 3.63) is 53.1 Å². The summed E-state index contributed by atoms with van der Waals surface area (Å²) < 4.78 is 0. The molecule has 0 unspecified atom stereocenters. The number of aryl methyl sites for hydroxylation is 3. The predicted octanol–water partition coefficient (Wildman–Crippen LogP) is 4.43. The van der Waals surface area contributed by atoms with Crippen LogP contribution >= 0.6 is 0 Å². The molecule has 0 atom stereocenters. The summed E-state index contributed by atoms with van der Waals surface area (Å²) in [5.41, 5.74) is 7.88. The average Bonchev–Trinajstić information content (AvgIpc) is 2.46. The van der Waals surface area contributed by atoms with Gasteiger partial charge >= 0.3 is 0 Å². The second-order valence-corrected chi connectivity index (χ2v) is 5.72. The highest BCUT2D eigenvalue weighted by atomic mass is 15.1. The van der Waals surface area contributed by atoms with Crippen LogP contribution in [-0.4, -0.2) is 13.6 Å². The van der Waals surface area contributed by atoms with Crippen LogP contribution in [0.2, 0.25) is 0 Å². The van der Waals surface area contributed by atoms with E-state index < -0.39 is 0 Å². The molecule has 0 aromatic heterocycles. The van der Waals surface area contributed by atoms with Crippen LogP contribution in [0.25, 0.3) is 0 Å². The van der Waals surface area contributed by atoms with Crippen molar-refractivity contribution >= 4 is 17.1 Å². The van der Waals surface area contributed by atoms with Crippen LogP contribution < -0.4 is 10.2 Å². The van der Waals surface area contributed by atoms with Gasteiger partial charge in [0.1, 0.15) is 0 Å². The lowest BCUT2D eigenvalue weighted by molar-refractivity contribution is 0.830. The summed E-state index contributed by atoms with van der Waals surface area (Å²) in [6.07, 6.45) is 2.43. The Morgan fingerprint density at radius 2 is 1.90 bits per heavy atom. The first-order valence-electron chi connectivity index (χ1n) is 7.33. The molecule has 0 saturated heterocycles. The zero-order valence-electron chi connectivity index (χ0n) is 12.5. The molecule has 1 N–H and O–H groups in total. The molecular formula is C18H22N2. The topological polar surface area (TPSA) is 15.3 Å². The fourth-order valence-corrected chi connectivity index (χ4v) is 2.98. The van der Waals surface area contributed by atoms with Gasteiger partial charge in [-0.05, 0) is 56.0 Å². The van der Waals surface area contributed by atoms with Crippen LogP contribution in [0.5, 0.6) is 0 Å². The molecule has 0 aliphatic carbocycles. The highest BCUT2D eigenvalue weighted by Crippen LogP contribution is 2.32. The van der Waals surface area contributed by atoms with Gasteiger partial charge in [-0.2, -0.15) is 0 Å². The molecule has 2 heteroatoms. The molecule has 0 spiro atoms. The lowest BCUT2D eigenvalue weighted by Crippen LogP contribution is -2.15. The molecule has 1 aliphatic heterocycles. The summed E-state index contributed by atoms with van der Waals surface area (Å²) in [7, 11) is 2.14. The number of rotatable bonds is 2. The minimum absolute atomic E-state index is 1.09. The van der Waals surface area contributed by atoms with Crippen molar-refractivity contribution in [2.24, 2.45) is 0 Å². The Morgan fingerprint density at radius 3 is 2.70 bits per heavy atom. The Kier molecular flexibility index (Phi) is 3.39. The fraction of sp³-hybridized carbons (Fsp3) is 0.333. The third-order valence-electron chi connectivity index (χ3n) is 4.13. The highest BCUT2D eigenvalue weighted by molar-refractivity contribution is 5.71. The van der Waals surface area contributed by atoms with E-state index >= 15 is 0 Å². The summed E-state index contributed by atoms with van der Waals surface area (Å²) >= 11 is 0. The van der Waals surface area contributed by atoms with E-state index in [1.165, 1.54) is 46.6 Å². The number of nitrogens with one attached hydrogen (secondary N) is 1. The zero-order chi connectivity index (χ0) is 14.1. The van der Waals surface area contributed by atoms with E-state index in [4.69, 9.17) is 0 Å². The van der Waals surface area contributed by atoms with Gasteiger partial charge in [0, 0.05) is 30.7 Å². The SMILES string of the molecule is Cc1ccc(N(C)c2ccc3c(c2)NCCC3)c(C)c1. The Morgan fingerprint density at radius 1 is 1.05 bits per heavy atom. The minimum atomic E-state index is 1.09. The lowest BCUT2D eigenvalue weighted by atomic mass is 10.0. The molecule has 3 rings (SSSR count). The van der Waals surface area contributed by atoms with Crippen molar-refractivity contribution in [1.29, 1.82) is 0 Å². The molecule has 0 fully saturated rings. The number of benzene rings is 2. The van der Waals surface area contributed by atoms with Crippen LogP contribution in [0.15, 0.2) is 36.4 Å². The largest absolute Gasteiger partial charge is 0.385 e. The normalized spacial score (nSPS) is 13.6. The van der Waals surface area contributed by atoms with Crippen molar-refractivity contribution < 1.29 is 0 Å². The number of nitrogens with zero attached hydrogens (tertiary/aromatic N) is 1. The molecular weight excluding hydrogens is 244 g/mol. The summed E-state index contributed by atoms with van der Waals surface area (Å²) in [4.78, 5) is 2.27. The highest BCUT2D eigenvalue weighted by Gasteiger charge is 2.12. The molecule has 2 aromatic carbocycles. The summed E-state index contributed by atoms with van der Waals surface area (Å²) in [5.74, 6) is 0. The van der Waals surface area contributed by atoms with E-state index in [9.17, 15) is 0 Å². The molecule has 2 aromatic rings. The Labute approximate surface area is 121 Å². The third kappa shape index (κ3) is 2.38. The van der Waals surface area contributed by atoms with Crippen molar-refractivity contribution in [2.75, 3.05) is 23.8 Å². The van der Waals surface area contributed by atoms with E-state index in [0.29, 0.717) is 0 Å². The summed E-state index contributed by atoms with van der Waals surface area (Å²) in [5, 5.41) is 3.51. The zero-order valence-corrected chi connectivity index (χ0v) is 12.5. The number of fused-ring (bicyclic) bond motifs is 1. The monoisotopic (exact) mass is 266 g/mol. The fourth-order valence-electron chi connectivity index (χ4n) is 2.98. The molecule has 104 valence electrons.